The molecule has 0 unspecified atom stereocenters. The Morgan fingerprint density at radius 1 is 1.28 bits per heavy atom. The molecule has 100 valence electrons. The topological polar surface area (TPSA) is 12.0 Å². The van der Waals surface area contributed by atoms with Crippen LogP contribution in [0.2, 0.25) is 10.0 Å². The van der Waals surface area contributed by atoms with Crippen molar-refractivity contribution in [1.82, 2.24) is 5.32 Å². The standard InChI is InChI=1S/C15H21Cl2N/c1-15(2,7-8-18-13-4-5-13)10-11-9-12(16)3-6-14(11)17/h3,6,9,13,18H,4-5,7-8,10H2,1-2H3. The number of hydrogen-bond acceptors (Lipinski definition) is 1. The van der Waals surface area contributed by atoms with Crippen molar-refractivity contribution in [3.05, 3.63) is 33.8 Å². The van der Waals surface area contributed by atoms with E-state index >= 15 is 0 Å². The molecule has 0 heterocycles. The zero-order valence-electron chi connectivity index (χ0n) is 11.1. The number of halogens is 2. The molecular formula is C15H21Cl2N. The summed E-state index contributed by atoms with van der Waals surface area (Å²) in [5.74, 6) is 0. The summed E-state index contributed by atoms with van der Waals surface area (Å²) < 4.78 is 0. The van der Waals surface area contributed by atoms with Crippen LogP contribution in [0.3, 0.4) is 0 Å². The van der Waals surface area contributed by atoms with E-state index in [4.69, 9.17) is 23.2 Å². The zero-order chi connectivity index (χ0) is 13.2. The highest BCUT2D eigenvalue weighted by molar-refractivity contribution is 6.33. The van der Waals surface area contributed by atoms with Crippen molar-refractivity contribution in [2.75, 3.05) is 6.54 Å². The van der Waals surface area contributed by atoms with E-state index in [9.17, 15) is 0 Å². The lowest BCUT2D eigenvalue weighted by molar-refractivity contribution is 0.325. The lowest BCUT2D eigenvalue weighted by Gasteiger charge is -2.25. The molecular weight excluding hydrogens is 265 g/mol. The first-order valence-electron chi connectivity index (χ1n) is 6.64. The molecule has 1 fully saturated rings. The summed E-state index contributed by atoms with van der Waals surface area (Å²) in [4.78, 5) is 0. The quantitative estimate of drug-likeness (QED) is 0.799. The number of nitrogens with one attached hydrogen (secondary N) is 1. The number of rotatable bonds is 6. The summed E-state index contributed by atoms with van der Waals surface area (Å²) >= 11 is 12.3. The van der Waals surface area contributed by atoms with Gasteiger partial charge in [0, 0.05) is 16.1 Å². The van der Waals surface area contributed by atoms with E-state index in [1.807, 2.05) is 18.2 Å². The molecule has 3 heteroatoms. The first kappa shape index (κ1) is 14.2. The van der Waals surface area contributed by atoms with Crippen molar-refractivity contribution >= 4 is 23.2 Å². The Hall–Kier alpha value is -0.240. The fraction of sp³-hybridized carbons (Fsp3) is 0.600. The van der Waals surface area contributed by atoms with Gasteiger partial charge in [0.15, 0.2) is 0 Å². The highest BCUT2D eigenvalue weighted by Gasteiger charge is 2.23. The third kappa shape index (κ3) is 4.46. The van der Waals surface area contributed by atoms with E-state index in [0.29, 0.717) is 0 Å². The molecule has 0 amide bonds. The van der Waals surface area contributed by atoms with Crippen molar-refractivity contribution in [3.8, 4) is 0 Å². The molecule has 0 aliphatic heterocycles. The minimum atomic E-state index is 0.246. The van der Waals surface area contributed by atoms with Crippen LogP contribution in [0, 0.1) is 5.41 Å². The fourth-order valence-electron chi connectivity index (χ4n) is 2.18. The van der Waals surface area contributed by atoms with Crippen LogP contribution in [-0.2, 0) is 6.42 Å². The van der Waals surface area contributed by atoms with Gasteiger partial charge in [-0.15, -0.1) is 0 Å². The van der Waals surface area contributed by atoms with Gasteiger partial charge in [0.25, 0.3) is 0 Å². The summed E-state index contributed by atoms with van der Waals surface area (Å²) in [5, 5.41) is 5.15. The molecule has 0 spiro atoms. The Kier molecular flexibility index (Phi) is 4.58. The van der Waals surface area contributed by atoms with Gasteiger partial charge in [-0.1, -0.05) is 37.0 Å². The molecule has 0 radical (unpaired) electrons. The molecule has 1 aliphatic rings. The van der Waals surface area contributed by atoms with Crippen molar-refractivity contribution < 1.29 is 0 Å². The van der Waals surface area contributed by atoms with Crippen LogP contribution in [0.4, 0.5) is 0 Å². The van der Waals surface area contributed by atoms with E-state index in [1.165, 1.54) is 12.8 Å². The third-order valence-corrected chi connectivity index (χ3v) is 4.09. The Labute approximate surface area is 120 Å². The van der Waals surface area contributed by atoms with E-state index in [1.54, 1.807) is 0 Å². The Balaban J connectivity index is 1.90. The van der Waals surface area contributed by atoms with Crippen LogP contribution in [0.5, 0.6) is 0 Å². The fourth-order valence-corrected chi connectivity index (χ4v) is 2.56. The molecule has 1 aliphatic carbocycles. The SMILES string of the molecule is CC(C)(CCNC1CC1)Cc1cc(Cl)ccc1Cl. The van der Waals surface area contributed by atoms with Crippen molar-refractivity contribution in [1.29, 1.82) is 0 Å². The van der Waals surface area contributed by atoms with Crippen LogP contribution in [0.15, 0.2) is 18.2 Å². The lowest BCUT2D eigenvalue weighted by Crippen LogP contribution is -2.25. The predicted octanol–water partition coefficient (Wildman–Crippen LogP) is 4.70. The molecule has 18 heavy (non-hydrogen) atoms. The van der Waals surface area contributed by atoms with Gasteiger partial charge in [-0.05, 0) is 61.4 Å². The Bertz CT molecular complexity index is 411. The van der Waals surface area contributed by atoms with Gasteiger partial charge in [0.1, 0.15) is 0 Å². The van der Waals surface area contributed by atoms with Crippen molar-refractivity contribution in [2.24, 2.45) is 5.41 Å². The van der Waals surface area contributed by atoms with Gasteiger partial charge >= 0.3 is 0 Å². The van der Waals surface area contributed by atoms with Gasteiger partial charge in [-0.2, -0.15) is 0 Å². The van der Waals surface area contributed by atoms with Gasteiger partial charge in [0.05, 0.1) is 0 Å². The average Bonchev–Trinajstić information content (AvgIpc) is 3.07. The van der Waals surface area contributed by atoms with Gasteiger partial charge in [-0.3, -0.25) is 0 Å². The van der Waals surface area contributed by atoms with Crippen LogP contribution in [0.25, 0.3) is 0 Å². The first-order valence-corrected chi connectivity index (χ1v) is 7.39. The summed E-state index contributed by atoms with van der Waals surface area (Å²) in [7, 11) is 0. The maximum absolute atomic E-state index is 6.22. The second kappa shape index (κ2) is 5.81. The Morgan fingerprint density at radius 3 is 2.67 bits per heavy atom. The van der Waals surface area contributed by atoms with Crippen LogP contribution < -0.4 is 5.32 Å². The highest BCUT2D eigenvalue weighted by Crippen LogP contribution is 2.31. The highest BCUT2D eigenvalue weighted by atomic mass is 35.5. The van der Waals surface area contributed by atoms with Crippen molar-refractivity contribution in [2.45, 2.75) is 45.6 Å². The number of benzene rings is 1. The van der Waals surface area contributed by atoms with Crippen LogP contribution in [-0.4, -0.2) is 12.6 Å². The molecule has 1 saturated carbocycles. The largest absolute Gasteiger partial charge is 0.314 e. The molecule has 1 nitrogen and oxygen atoms in total. The second-order valence-electron chi connectivity index (χ2n) is 6.06. The molecule has 0 aromatic heterocycles. The minimum Gasteiger partial charge on any atom is -0.314 e. The maximum Gasteiger partial charge on any atom is 0.0439 e. The summed E-state index contributed by atoms with van der Waals surface area (Å²) in [6.45, 7) is 5.67. The summed E-state index contributed by atoms with van der Waals surface area (Å²) in [6.07, 6.45) is 4.83. The van der Waals surface area contributed by atoms with Gasteiger partial charge in [-0.25, -0.2) is 0 Å². The molecule has 0 bridgehead atoms. The summed E-state index contributed by atoms with van der Waals surface area (Å²) in [6, 6.07) is 6.50. The predicted molar refractivity (Wildman–Crippen MR) is 79.6 cm³/mol. The molecule has 1 N–H and O–H groups in total. The van der Waals surface area contributed by atoms with E-state index < -0.39 is 0 Å². The second-order valence-corrected chi connectivity index (χ2v) is 6.90. The smallest absolute Gasteiger partial charge is 0.0439 e. The molecule has 1 aromatic carbocycles. The average molecular weight is 286 g/mol. The monoisotopic (exact) mass is 285 g/mol. The zero-order valence-corrected chi connectivity index (χ0v) is 12.6. The third-order valence-electron chi connectivity index (χ3n) is 3.49. The minimum absolute atomic E-state index is 0.246. The lowest BCUT2D eigenvalue weighted by atomic mass is 9.82. The van der Waals surface area contributed by atoms with Gasteiger partial charge < -0.3 is 5.32 Å². The van der Waals surface area contributed by atoms with Crippen molar-refractivity contribution in [3.63, 3.8) is 0 Å². The normalized spacial score (nSPS) is 16.0. The van der Waals surface area contributed by atoms with Crippen LogP contribution >= 0.6 is 23.2 Å². The van der Waals surface area contributed by atoms with Crippen LogP contribution in [0.1, 0.15) is 38.7 Å². The van der Waals surface area contributed by atoms with E-state index in [2.05, 4.69) is 19.2 Å². The summed E-state index contributed by atoms with van der Waals surface area (Å²) in [5.41, 5.74) is 1.40. The molecule has 0 atom stereocenters. The van der Waals surface area contributed by atoms with E-state index in [-0.39, 0.29) is 5.41 Å². The van der Waals surface area contributed by atoms with Gasteiger partial charge in [0.2, 0.25) is 0 Å². The number of hydrogen-bond donors (Lipinski definition) is 1. The Morgan fingerprint density at radius 2 is 2.00 bits per heavy atom. The molecule has 0 saturated heterocycles. The first-order chi connectivity index (χ1) is 8.46. The molecule has 1 aromatic rings. The maximum atomic E-state index is 6.22. The van der Waals surface area contributed by atoms with E-state index in [0.717, 1.165) is 41.0 Å². The molecule has 2 rings (SSSR count).